The molecular formula is C29H57OS+. The summed E-state index contributed by atoms with van der Waals surface area (Å²) >= 11 is 0. The third-order valence-corrected chi connectivity index (χ3v) is 10.7. The summed E-state index contributed by atoms with van der Waals surface area (Å²) < 4.78 is 5.72. The second-order valence-corrected chi connectivity index (χ2v) is 13.6. The van der Waals surface area contributed by atoms with Crippen LogP contribution in [0, 0.1) is 5.92 Å². The summed E-state index contributed by atoms with van der Waals surface area (Å²) in [6.07, 6.45) is 31.3. The fraction of sp³-hybridized carbons (Fsp3) is 1.00. The fourth-order valence-electron chi connectivity index (χ4n) is 5.52. The van der Waals surface area contributed by atoms with Gasteiger partial charge in [0.05, 0.1) is 6.10 Å². The monoisotopic (exact) mass is 453 g/mol. The van der Waals surface area contributed by atoms with Crippen LogP contribution in [0.4, 0.5) is 0 Å². The number of ether oxygens (including phenoxy) is 1. The van der Waals surface area contributed by atoms with Crippen molar-refractivity contribution in [3.8, 4) is 0 Å². The Balaban J connectivity index is 1.35. The lowest BCUT2D eigenvalue weighted by Crippen LogP contribution is -2.30. The maximum absolute atomic E-state index is 5.72. The van der Waals surface area contributed by atoms with Gasteiger partial charge in [-0.25, -0.2) is 0 Å². The summed E-state index contributed by atoms with van der Waals surface area (Å²) in [7, 11) is 0.745. The minimum atomic E-state index is 0.610. The molecule has 1 aliphatic heterocycles. The van der Waals surface area contributed by atoms with Crippen LogP contribution in [0.5, 0.6) is 0 Å². The molecule has 0 amide bonds. The van der Waals surface area contributed by atoms with Crippen molar-refractivity contribution in [1.29, 1.82) is 0 Å². The van der Waals surface area contributed by atoms with Crippen LogP contribution in [0.3, 0.4) is 0 Å². The quantitative estimate of drug-likeness (QED) is 0.140. The highest BCUT2D eigenvalue weighted by atomic mass is 32.2. The lowest BCUT2D eigenvalue weighted by Gasteiger charge is -2.23. The minimum absolute atomic E-state index is 0.610. The lowest BCUT2D eigenvalue weighted by atomic mass is 10.0. The Morgan fingerprint density at radius 3 is 1.77 bits per heavy atom. The van der Waals surface area contributed by atoms with Crippen molar-refractivity contribution in [2.45, 2.75) is 160 Å². The normalized spacial score (nSPS) is 21.2. The summed E-state index contributed by atoms with van der Waals surface area (Å²) in [6.45, 7) is 5.84. The van der Waals surface area contributed by atoms with Gasteiger partial charge < -0.3 is 4.74 Å². The van der Waals surface area contributed by atoms with Crippen LogP contribution in [-0.2, 0) is 15.6 Å². The molecule has 0 radical (unpaired) electrons. The third kappa shape index (κ3) is 14.2. The number of hydrogen-bond donors (Lipinski definition) is 0. The molecule has 0 aromatic carbocycles. The Labute approximate surface area is 199 Å². The first-order valence-corrected chi connectivity index (χ1v) is 16.2. The molecular weight excluding hydrogens is 396 g/mol. The van der Waals surface area contributed by atoms with E-state index in [0.29, 0.717) is 6.10 Å². The molecule has 31 heavy (non-hydrogen) atoms. The molecule has 2 unspecified atom stereocenters. The molecule has 0 aromatic rings. The van der Waals surface area contributed by atoms with E-state index in [1.165, 1.54) is 128 Å². The molecule has 1 nitrogen and oxygen atoms in total. The first-order valence-electron chi connectivity index (χ1n) is 14.5. The maximum Gasteiger partial charge on any atom is 0.118 e. The molecule has 1 saturated carbocycles. The lowest BCUT2D eigenvalue weighted by molar-refractivity contribution is 0.102. The van der Waals surface area contributed by atoms with E-state index in [4.69, 9.17) is 4.74 Å². The van der Waals surface area contributed by atoms with Gasteiger partial charge in [0, 0.05) is 6.61 Å². The maximum atomic E-state index is 5.72. The summed E-state index contributed by atoms with van der Waals surface area (Å²) in [5.74, 6) is 3.99. The van der Waals surface area contributed by atoms with Gasteiger partial charge in [0.25, 0.3) is 0 Å². The Morgan fingerprint density at radius 1 is 0.645 bits per heavy atom. The van der Waals surface area contributed by atoms with Gasteiger partial charge in [-0.15, -0.1) is 0 Å². The molecule has 0 spiro atoms. The summed E-state index contributed by atoms with van der Waals surface area (Å²) in [5.41, 5.74) is 0. The van der Waals surface area contributed by atoms with E-state index < -0.39 is 0 Å². The van der Waals surface area contributed by atoms with Gasteiger partial charge in [0.1, 0.15) is 16.8 Å². The predicted molar refractivity (Wildman–Crippen MR) is 142 cm³/mol. The van der Waals surface area contributed by atoms with Crippen LogP contribution in [0.15, 0.2) is 0 Å². The van der Waals surface area contributed by atoms with Crippen molar-refractivity contribution in [2.24, 2.45) is 5.92 Å². The van der Waals surface area contributed by atoms with E-state index in [9.17, 15) is 0 Å². The van der Waals surface area contributed by atoms with Crippen LogP contribution in [0.1, 0.15) is 149 Å². The molecule has 2 rings (SSSR count). The highest BCUT2D eigenvalue weighted by Crippen LogP contribution is 2.28. The highest BCUT2D eigenvalue weighted by Gasteiger charge is 2.31. The van der Waals surface area contributed by atoms with Crippen LogP contribution in [-0.4, -0.2) is 29.5 Å². The topological polar surface area (TPSA) is 9.23 Å². The van der Waals surface area contributed by atoms with Gasteiger partial charge in [-0.2, -0.15) is 0 Å². The second-order valence-electron chi connectivity index (χ2n) is 11.1. The molecule has 2 aliphatic rings. The minimum Gasteiger partial charge on any atom is -0.378 e. The third-order valence-electron chi connectivity index (χ3n) is 7.69. The van der Waals surface area contributed by atoms with Crippen molar-refractivity contribution < 1.29 is 4.74 Å². The Hall–Kier alpha value is 0.310. The molecule has 1 saturated heterocycles. The molecule has 0 aromatic heterocycles. The summed E-state index contributed by atoms with van der Waals surface area (Å²) in [5, 5.41) is 1.10. The van der Waals surface area contributed by atoms with Gasteiger partial charge in [0.15, 0.2) is 0 Å². The van der Waals surface area contributed by atoms with Crippen LogP contribution >= 0.6 is 0 Å². The smallest absolute Gasteiger partial charge is 0.118 e. The van der Waals surface area contributed by atoms with Gasteiger partial charge in [-0.1, -0.05) is 84.5 Å². The fourth-order valence-corrected chi connectivity index (χ4v) is 8.74. The van der Waals surface area contributed by atoms with Gasteiger partial charge >= 0.3 is 0 Å². The van der Waals surface area contributed by atoms with E-state index in [2.05, 4.69) is 13.8 Å². The number of unbranched alkanes of at least 4 members (excludes halogenated alkanes) is 11. The molecule has 1 heterocycles. The standard InChI is InChI=1S/C29H57OS/c1-27(2)23-26-31(29-21-15-13-16-22-29)25-17-12-10-8-6-4-3-5-7-9-11-14-19-28-20-18-24-30-28/h27-29H,3-26H2,1-2H3/q+1. The molecule has 2 heteroatoms. The van der Waals surface area contributed by atoms with Gasteiger partial charge in [0.2, 0.25) is 0 Å². The van der Waals surface area contributed by atoms with Crippen molar-refractivity contribution in [1.82, 2.24) is 0 Å². The first kappa shape index (κ1) is 27.6. The van der Waals surface area contributed by atoms with Crippen LogP contribution in [0.2, 0.25) is 0 Å². The highest BCUT2D eigenvalue weighted by molar-refractivity contribution is 7.97. The van der Waals surface area contributed by atoms with Gasteiger partial charge in [-0.3, -0.25) is 0 Å². The zero-order valence-electron chi connectivity index (χ0n) is 21.5. The van der Waals surface area contributed by atoms with E-state index in [0.717, 1.165) is 28.7 Å². The van der Waals surface area contributed by atoms with E-state index in [1.54, 1.807) is 18.6 Å². The average Bonchev–Trinajstić information content (AvgIpc) is 3.30. The molecule has 184 valence electrons. The van der Waals surface area contributed by atoms with E-state index >= 15 is 0 Å². The number of hydrogen-bond acceptors (Lipinski definition) is 1. The second kappa shape index (κ2) is 18.7. The zero-order chi connectivity index (χ0) is 22.0. The Morgan fingerprint density at radius 2 is 1.23 bits per heavy atom. The molecule has 2 atom stereocenters. The SMILES string of the molecule is CC(C)CC[S+](CCCCCCCCCCCCCCC1CCCO1)C1CCCCC1. The van der Waals surface area contributed by atoms with E-state index in [1.807, 2.05) is 0 Å². The van der Waals surface area contributed by atoms with Crippen LogP contribution in [0.25, 0.3) is 0 Å². The van der Waals surface area contributed by atoms with Gasteiger partial charge in [-0.05, 0) is 81.0 Å². The molecule has 0 bridgehead atoms. The molecule has 1 aliphatic carbocycles. The summed E-state index contributed by atoms with van der Waals surface area (Å²) in [6, 6.07) is 0. The van der Waals surface area contributed by atoms with Crippen molar-refractivity contribution >= 4 is 10.9 Å². The van der Waals surface area contributed by atoms with Crippen molar-refractivity contribution in [3.05, 3.63) is 0 Å². The first-order chi connectivity index (χ1) is 15.3. The largest absolute Gasteiger partial charge is 0.378 e. The molecule has 2 fully saturated rings. The van der Waals surface area contributed by atoms with Crippen molar-refractivity contribution in [2.75, 3.05) is 18.1 Å². The number of rotatable bonds is 19. The average molecular weight is 454 g/mol. The zero-order valence-corrected chi connectivity index (χ0v) is 22.3. The van der Waals surface area contributed by atoms with Crippen molar-refractivity contribution in [3.63, 3.8) is 0 Å². The summed E-state index contributed by atoms with van der Waals surface area (Å²) in [4.78, 5) is 0. The Bertz CT molecular complexity index is 384. The Kier molecular flexibility index (Phi) is 16.6. The van der Waals surface area contributed by atoms with E-state index in [-0.39, 0.29) is 0 Å². The molecule has 0 N–H and O–H groups in total. The van der Waals surface area contributed by atoms with Crippen LogP contribution < -0.4 is 0 Å². The predicted octanol–water partition coefficient (Wildman–Crippen LogP) is 9.23.